The first kappa shape index (κ1) is 24.9. The van der Waals surface area contributed by atoms with E-state index in [0.717, 1.165) is 21.5 Å². The summed E-state index contributed by atoms with van der Waals surface area (Å²) in [6.07, 6.45) is 0. The van der Waals surface area contributed by atoms with Gasteiger partial charge in [0.15, 0.2) is 10.9 Å². The highest BCUT2D eigenvalue weighted by Gasteiger charge is 2.33. The van der Waals surface area contributed by atoms with E-state index < -0.39 is 23.6 Å². The molecule has 1 amide bonds. The number of rotatable bonds is 9. The molecule has 0 spiro atoms. The number of carbonyl (C=O) groups excluding carboxylic acids is 2. The minimum absolute atomic E-state index is 0.189. The van der Waals surface area contributed by atoms with Crippen LogP contribution in [0.1, 0.15) is 48.8 Å². The van der Waals surface area contributed by atoms with E-state index in [0.29, 0.717) is 17.9 Å². The van der Waals surface area contributed by atoms with Gasteiger partial charge in [-0.05, 0) is 36.8 Å². The van der Waals surface area contributed by atoms with Crippen LogP contribution >= 0.6 is 11.3 Å². The number of ether oxygens (including phenoxy) is 1. The van der Waals surface area contributed by atoms with Crippen LogP contribution in [0, 0.1) is 0 Å². The minimum Gasteiger partial charge on any atom is -0.494 e. The second kappa shape index (κ2) is 10.6. The lowest BCUT2D eigenvalue weighted by Crippen LogP contribution is -2.35. The molecule has 0 bridgehead atoms. The average Bonchev–Trinajstić information content (AvgIpc) is 3.45. The summed E-state index contributed by atoms with van der Waals surface area (Å²) >= 11 is 1.11. The van der Waals surface area contributed by atoms with Gasteiger partial charge in [-0.3, -0.25) is 9.59 Å². The molecule has 2 atom stereocenters. The number of H-pyrrole nitrogens is 1. The molecule has 36 heavy (non-hydrogen) atoms. The minimum atomic E-state index is -1.11. The summed E-state index contributed by atoms with van der Waals surface area (Å²) in [7, 11) is 0. The average molecular weight is 507 g/mol. The molecule has 9 nitrogen and oxygen atoms in total. The summed E-state index contributed by atoms with van der Waals surface area (Å²) in [5.41, 5.74) is 1.15. The number of hydrogen-bond acceptors (Lipinski definition) is 7. The topological polar surface area (TPSA) is 126 Å². The number of benzene rings is 2. The Bertz CT molecular complexity index is 1420. The van der Waals surface area contributed by atoms with Crippen LogP contribution < -0.4 is 15.7 Å². The zero-order valence-corrected chi connectivity index (χ0v) is 20.8. The fourth-order valence-corrected chi connectivity index (χ4v) is 4.72. The van der Waals surface area contributed by atoms with E-state index in [2.05, 4.69) is 15.3 Å². The first-order valence-electron chi connectivity index (χ1n) is 11.4. The molecule has 2 heterocycles. The number of aromatic amines is 1. The lowest BCUT2D eigenvalue weighted by atomic mass is 9.92. The molecule has 0 aliphatic rings. The molecule has 2 aromatic carbocycles. The number of thiazole rings is 1. The predicted molar refractivity (Wildman–Crippen MR) is 138 cm³/mol. The third-order valence-electron chi connectivity index (χ3n) is 5.80. The molecular weight excluding hydrogens is 480 g/mol. The van der Waals surface area contributed by atoms with E-state index in [4.69, 9.17) is 4.74 Å². The van der Waals surface area contributed by atoms with Gasteiger partial charge in [0.1, 0.15) is 23.2 Å². The van der Waals surface area contributed by atoms with E-state index in [1.807, 2.05) is 37.3 Å². The van der Waals surface area contributed by atoms with Gasteiger partial charge in [-0.15, -0.1) is 11.3 Å². The molecular formula is C26H26N4O5S. The van der Waals surface area contributed by atoms with Crippen molar-refractivity contribution in [2.45, 2.75) is 32.7 Å². The van der Waals surface area contributed by atoms with Crippen LogP contribution in [-0.4, -0.2) is 37.9 Å². The van der Waals surface area contributed by atoms with Crippen LogP contribution in [0.3, 0.4) is 0 Å². The zero-order chi connectivity index (χ0) is 25.8. The lowest BCUT2D eigenvalue weighted by Gasteiger charge is -2.24. The zero-order valence-electron chi connectivity index (χ0n) is 20.0. The van der Waals surface area contributed by atoms with Crippen molar-refractivity contribution >= 4 is 28.2 Å². The molecule has 4 aromatic rings. The van der Waals surface area contributed by atoms with Gasteiger partial charge in [-0.1, -0.05) is 37.3 Å². The number of ketones is 1. The Morgan fingerprint density at radius 2 is 1.86 bits per heavy atom. The molecule has 3 N–H and O–H groups in total. The SMILES string of the molecule is CCOc1ccc(-c2[nH]c(=O)n([C@H](C(=O)Nc3nc(C(C)=O)cs3)[C@@H](C)c3ccccc3)c2O)cc1. The number of Topliss-reactive ketones (excluding diaryl/α,β-unsaturated/α-hetero) is 1. The molecule has 0 radical (unpaired) electrons. The monoisotopic (exact) mass is 506 g/mol. The summed E-state index contributed by atoms with van der Waals surface area (Å²) in [4.78, 5) is 45.1. The van der Waals surface area contributed by atoms with E-state index in [-0.39, 0.29) is 28.2 Å². The smallest absolute Gasteiger partial charge is 0.329 e. The predicted octanol–water partition coefficient (Wildman–Crippen LogP) is 4.59. The molecule has 0 fully saturated rings. The van der Waals surface area contributed by atoms with Crippen LogP contribution in [0.25, 0.3) is 11.3 Å². The molecule has 0 aliphatic carbocycles. The second-order valence-corrected chi connectivity index (χ2v) is 9.04. The number of anilines is 1. The van der Waals surface area contributed by atoms with E-state index in [9.17, 15) is 19.5 Å². The van der Waals surface area contributed by atoms with Crippen LogP contribution in [0.4, 0.5) is 5.13 Å². The number of aromatic nitrogens is 3. The fourth-order valence-electron chi connectivity index (χ4n) is 3.96. The van der Waals surface area contributed by atoms with E-state index >= 15 is 0 Å². The highest BCUT2D eigenvalue weighted by molar-refractivity contribution is 7.14. The van der Waals surface area contributed by atoms with Crippen LogP contribution in [0.15, 0.2) is 64.8 Å². The Hall–Kier alpha value is -4.18. The molecule has 0 aliphatic heterocycles. The normalized spacial score (nSPS) is 12.6. The Balaban J connectivity index is 1.75. The molecule has 186 valence electrons. The first-order chi connectivity index (χ1) is 17.3. The van der Waals surface area contributed by atoms with Gasteiger partial charge in [0.2, 0.25) is 11.8 Å². The molecule has 10 heteroatoms. The fraction of sp³-hybridized carbons (Fsp3) is 0.231. The summed E-state index contributed by atoms with van der Waals surface area (Å²) in [6, 6.07) is 15.0. The molecule has 0 unspecified atom stereocenters. The third kappa shape index (κ3) is 5.08. The van der Waals surface area contributed by atoms with Gasteiger partial charge in [0.25, 0.3) is 0 Å². The number of amides is 1. The molecule has 4 rings (SSSR count). The maximum absolute atomic E-state index is 13.5. The van der Waals surface area contributed by atoms with Crippen molar-refractivity contribution in [3.05, 3.63) is 81.7 Å². The number of nitrogens with zero attached hydrogens (tertiary/aromatic N) is 2. The van der Waals surface area contributed by atoms with Gasteiger partial charge in [0.05, 0.1) is 6.61 Å². The van der Waals surface area contributed by atoms with Crippen LogP contribution in [0.5, 0.6) is 11.6 Å². The van der Waals surface area contributed by atoms with E-state index in [1.165, 1.54) is 6.92 Å². The Kier molecular flexibility index (Phi) is 7.35. The van der Waals surface area contributed by atoms with Crippen molar-refractivity contribution < 1.29 is 19.4 Å². The van der Waals surface area contributed by atoms with Gasteiger partial charge < -0.3 is 20.1 Å². The highest BCUT2D eigenvalue weighted by atomic mass is 32.1. The van der Waals surface area contributed by atoms with Gasteiger partial charge in [-0.2, -0.15) is 0 Å². The van der Waals surface area contributed by atoms with E-state index in [1.54, 1.807) is 36.6 Å². The van der Waals surface area contributed by atoms with Crippen LogP contribution in [-0.2, 0) is 4.79 Å². The molecule has 0 saturated heterocycles. The number of carbonyl (C=O) groups is 2. The number of imidazole rings is 1. The standard InChI is InChI=1S/C26H26N4O5S/c1-4-35-19-12-10-18(11-13-19)21-24(33)30(26(34)28-21)22(15(2)17-8-6-5-7-9-17)23(32)29-25-27-20(14-36-25)16(3)31/h5-15,22,33H,4H2,1-3H3,(H,28,34)(H,27,29,32)/t15-,22-/m0/s1. The summed E-state index contributed by atoms with van der Waals surface area (Å²) in [5.74, 6) is -0.974. The van der Waals surface area contributed by atoms with Gasteiger partial charge in [0, 0.05) is 23.8 Å². The largest absolute Gasteiger partial charge is 0.494 e. The lowest BCUT2D eigenvalue weighted by molar-refractivity contribution is -0.120. The summed E-state index contributed by atoms with van der Waals surface area (Å²) in [6.45, 7) is 5.58. The number of nitrogens with one attached hydrogen (secondary N) is 2. The number of hydrogen-bond donors (Lipinski definition) is 3. The third-order valence-corrected chi connectivity index (χ3v) is 6.56. The Labute approximate surface area is 211 Å². The number of aromatic hydroxyl groups is 1. The van der Waals surface area contributed by atoms with Crippen molar-refractivity contribution in [2.24, 2.45) is 0 Å². The summed E-state index contributed by atoms with van der Waals surface area (Å²) < 4.78 is 6.51. The molecule has 0 saturated carbocycles. The summed E-state index contributed by atoms with van der Waals surface area (Å²) in [5, 5.41) is 15.6. The maximum atomic E-state index is 13.5. The van der Waals surface area contributed by atoms with Crippen molar-refractivity contribution in [3.8, 4) is 22.9 Å². The highest BCUT2D eigenvalue weighted by Crippen LogP contribution is 2.35. The second-order valence-electron chi connectivity index (χ2n) is 8.18. The Morgan fingerprint density at radius 1 is 1.17 bits per heavy atom. The quantitative estimate of drug-likeness (QED) is 0.285. The van der Waals surface area contributed by atoms with Gasteiger partial charge >= 0.3 is 5.69 Å². The van der Waals surface area contributed by atoms with Crippen molar-refractivity contribution in [1.29, 1.82) is 0 Å². The molecule has 2 aromatic heterocycles. The van der Waals surface area contributed by atoms with Crippen molar-refractivity contribution in [1.82, 2.24) is 14.5 Å². The van der Waals surface area contributed by atoms with Crippen molar-refractivity contribution in [3.63, 3.8) is 0 Å². The van der Waals surface area contributed by atoms with Gasteiger partial charge in [-0.25, -0.2) is 14.3 Å². The van der Waals surface area contributed by atoms with Crippen LogP contribution in [0.2, 0.25) is 0 Å². The first-order valence-corrected chi connectivity index (χ1v) is 12.3. The Morgan fingerprint density at radius 3 is 2.47 bits per heavy atom. The van der Waals surface area contributed by atoms with Crippen molar-refractivity contribution in [2.75, 3.05) is 11.9 Å². The maximum Gasteiger partial charge on any atom is 0.329 e.